The van der Waals surface area contributed by atoms with Gasteiger partial charge in [-0.3, -0.25) is 14.3 Å². The highest BCUT2D eigenvalue weighted by Crippen LogP contribution is 2.37. The number of carbonyl (C=O) groups excluding carboxylic acids is 3. The molecule has 0 radical (unpaired) electrons. The van der Waals surface area contributed by atoms with Crippen LogP contribution < -0.4 is 5.32 Å². The van der Waals surface area contributed by atoms with Crippen molar-refractivity contribution in [2.75, 3.05) is 46.6 Å². The van der Waals surface area contributed by atoms with Crippen molar-refractivity contribution in [3.05, 3.63) is 17.0 Å². The first-order valence-electron chi connectivity index (χ1n) is 12.4. The molecule has 3 aliphatic heterocycles. The second kappa shape index (κ2) is 10.8. The summed E-state index contributed by atoms with van der Waals surface area (Å²) in [6, 6.07) is 0. The lowest BCUT2D eigenvalue weighted by molar-refractivity contribution is -0.150. The zero-order valence-electron chi connectivity index (χ0n) is 20.3. The number of hydrogen-bond donors (Lipinski definition) is 1. The fourth-order valence-electron chi connectivity index (χ4n) is 5.29. The van der Waals surface area contributed by atoms with Crippen LogP contribution in [0.15, 0.2) is 0 Å². The normalized spacial score (nSPS) is 20.4. The third-order valence-electron chi connectivity index (χ3n) is 7.43. The Morgan fingerprint density at radius 1 is 1.24 bits per heavy atom. The highest BCUT2D eigenvalue weighted by atomic mass is 16.5. The summed E-state index contributed by atoms with van der Waals surface area (Å²) in [5, 5.41) is 7.89. The van der Waals surface area contributed by atoms with Gasteiger partial charge in [0.25, 0.3) is 5.91 Å². The molecule has 1 aromatic rings. The number of aromatic nitrogens is 2. The molecule has 0 saturated carbocycles. The number of esters is 1. The van der Waals surface area contributed by atoms with E-state index >= 15 is 0 Å². The molecule has 4 heterocycles. The summed E-state index contributed by atoms with van der Waals surface area (Å²) in [6.45, 7) is 6.01. The molecule has 1 N–H and O–H groups in total. The smallest absolute Gasteiger partial charge is 0.409 e. The summed E-state index contributed by atoms with van der Waals surface area (Å²) in [6.07, 6.45) is 4.78. The molecule has 4 rings (SSSR count). The molecular formula is C24H36N4O6. The number of likely N-dealkylation sites (tertiary alicyclic amines) is 1. The van der Waals surface area contributed by atoms with Crippen LogP contribution in [-0.2, 0) is 38.4 Å². The number of fused-ring (bicyclic) bond motifs is 1. The molecule has 34 heavy (non-hydrogen) atoms. The molecule has 2 saturated heterocycles. The topological polar surface area (TPSA) is 112 Å². The number of ether oxygens (including phenoxy) is 3. The van der Waals surface area contributed by atoms with E-state index in [2.05, 4.69) is 5.32 Å². The van der Waals surface area contributed by atoms with Gasteiger partial charge in [0.15, 0.2) is 0 Å². The summed E-state index contributed by atoms with van der Waals surface area (Å²) in [4.78, 5) is 38.6. The molecule has 188 valence electrons. The van der Waals surface area contributed by atoms with Crippen LogP contribution in [0.25, 0.3) is 0 Å². The summed E-state index contributed by atoms with van der Waals surface area (Å²) in [5.41, 5.74) is 2.55. The summed E-state index contributed by atoms with van der Waals surface area (Å²) < 4.78 is 17.8. The van der Waals surface area contributed by atoms with Crippen LogP contribution in [0.4, 0.5) is 4.79 Å². The molecule has 0 aromatic carbocycles. The third-order valence-corrected chi connectivity index (χ3v) is 7.43. The van der Waals surface area contributed by atoms with Crippen molar-refractivity contribution in [3.63, 3.8) is 0 Å². The van der Waals surface area contributed by atoms with Crippen LogP contribution in [0, 0.1) is 11.3 Å². The van der Waals surface area contributed by atoms with Gasteiger partial charge in [0, 0.05) is 45.8 Å². The van der Waals surface area contributed by atoms with Crippen molar-refractivity contribution in [1.82, 2.24) is 20.0 Å². The van der Waals surface area contributed by atoms with Gasteiger partial charge < -0.3 is 24.4 Å². The highest BCUT2D eigenvalue weighted by Gasteiger charge is 2.39. The van der Waals surface area contributed by atoms with Crippen molar-refractivity contribution in [3.8, 4) is 0 Å². The molecule has 10 nitrogen and oxygen atoms in total. The lowest BCUT2D eigenvalue weighted by Gasteiger charge is -2.36. The van der Waals surface area contributed by atoms with E-state index in [4.69, 9.17) is 19.3 Å². The van der Waals surface area contributed by atoms with Gasteiger partial charge in [0.1, 0.15) is 0 Å². The summed E-state index contributed by atoms with van der Waals surface area (Å²) >= 11 is 0. The molecule has 3 aliphatic rings. The Labute approximate surface area is 200 Å². The second-order valence-corrected chi connectivity index (χ2v) is 9.57. The van der Waals surface area contributed by atoms with E-state index in [-0.39, 0.29) is 29.3 Å². The molecule has 1 aromatic heterocycles. The average molecular weight is 477 g/mol. The quantitative estimate of drug-likeness (QED) is 0.493. The number of nitrogens with one attached hydrogen (secondary N) is 1. The second-order valence-electron chi connectivity index (χ2n) is 9.57. The number of hydrogen-bond acceptors (Lipinski definition) is 7. The zero-order valence-corrected chi connectivity index (χ0v) is 20.3. The zero-order chi connectivity index (χ0) is 24.1. The SMILES string of the molecule is CCc1nn(CCCOC(=O)C2CCN(C(=O)OC)CC2)c2c1C(=O)NCC1(CCOCC1)C2. The first-order valence-corrected chi connectivity index (χ1v) is 12.4. The van der Waals surface area contributed by atoms with Gasteiger partial charge in [-0.25, -0.2) is 4.79 Å². The monoisotopic (exact) mass is 476 g/mol. The van der Waals surface area contributed by atoms with E-state index in [0.717, 1.165) is 36.2 Å². The molecule has 2 amide bonds. The van der Waals surface area contributed by atoms with E-state index in [0.29, 0.717) is 71.7 Å². The van der Waals surface area contributed by atoms with Gasteiger partial charge >= 0.3 is 12.1 Å². The van der Waals surface area contributed by atoms with Crippen LogP contribution in [0.1, 0.15) is 60.8 Å². The number of rotatable bonds is 6. The maximum atomic E-state index is 12.9. The molecule has 2 fully saturated rings. The minimum Gasteiger partial charge on any atom is -0.465 e. The highest BCUT2D eigenvalue weighted by molar-refractivity contribution is 5.97. The van der Waals surface area contributed by atoms with Crippen molar-refractivity contribution >= 4 is 18.0 Å². The Bertz CT molecular complexity index is 900. The maximum absolute atomic E-state index is 12.9. The van der Waals surface area contributed by atoms with E-state index in [1.807, 2.05) is 11.6 Å². The standard InChI is InChI=1S/C24H36N4O6/c1-3-18-20-19(15-24(16-25-21(20)29)7-13-33-14-8-24)28(26-18)9-4-12-34-22(30)17-5-10-27(11-6-17)23(31)32-2/h17H,3-16H2,1-2H3,(H,25,29). The van der Waals surface area contributed by atoms with Crippen LogP contribution in [0.3, 0.4) is 0 Å². The van der Waals surface area contributed by atoms with Crippen LogP contribution in [-0.4, -0.2) is 79.2 Å². The summed E-state index contributed by atoms with van der Waals surface area (Å²) in [7, 11) is 1.36. The number of nitrogens with zero attached hydrogens (tertiary/aromatic N) is 3. The van der Waals surface area contributed by atoms with Crippen molar-refractivity contribution in [1.29, 1.82) is 0 Å². The predicted octanol–water partition coefficient (Wildman–Crippen LogP) is 1.94. The Morgan fingerprint density at radius 2 is 1.97 bits per heavy atom. The van der Waals surface area contributed by atoms with Gasteiger partial charge in [-0.2, -0.15) is 5.10 Å². The van der Waals surface area contributed by atoms with Crippen LogP contribution >= 0.6 is 0 Å². The van der Waals surface area contributed by atoms with Gasteiger partial charge in [-0.05, 0) is 43.9 Å². The Kier molecular flexibility index (Phi) is 7.75. The fraction of sp³-hybridized carbons (Fsp3) is 0.750. The van der Waals surface area contributed by atoms with Crippen molar-refractivity contribution in [2.45, 2.75) is 58.4 Å². The molecule has 10 heteroatoms. The Balaban J connectivity index is 1.34. The molecular weight excluding hydrogens is 440 g/mol. The third kappa shape index (κ3) is 5.21. The minimum atomic E-state index is -0.354. The van der Waals surface area contributed by atoms with Crippen molar-refractivity contribution in [2.24, 2.45) is 11.3 Å². The number of piperidine rings is 1. The Hall–Kier alpha value is -2.62. The van der Waals surface area contributed by atoms with Gasteiger partial charge in [-0.1, -0.05) is 6.92 Å². The molecule has 0 bridgehead atoms. The molecule has 0 unspecified atom stereocenters. The van der Waals surface area contributed by atoms with Gasteiger partial charge in [0.2, 0.25) is 0 Å². The predicted molar refractivity (Wildman–Crippen MR) is 122 cm³/mol. The van der Waals surface area contributed by atoms with E-state index < -0.39 is 0 Å². The Morgan fingerprint density at radius 3 is 2.65 bits per heavy atom. The van der Waals surface area contributed by atoms with E-state index in [9.17, 15) is 14.4 Å². The average Bonchev–Trinajstić information content (AvgIpc) is 3.15. The molecule has 1 spiro atoms. The molecule has 0 aliphatic carbocycles. The number of amides is 2. The number of methoxy groups -OCH3 is 1. The summed E-state index contributed by atoms with van der Waals surface area (Å²) in [5.74, 6) is -0.435. The lowest BCUT2D eigenvalue weighted by Crippen LogP contribution is -2.41. The van der Waals surface area contributed by atoms with Gasteiger partial charge in [-0.15, -0.1) is 0 Å². The first-order chi connectivity index (χ1) is 16.5. The van der Waals surface area contributed by atoms with E-state index in [1.54, 1.807) is 4.90 Å². The first kappa shape index (κ1) is 24.5. The fourth-order valence-corrected chi connectivity index (χ4v) is 5.29. The van der Waals surface area contributed by atoms with Crippen molar-refractivity contribution < 1.29 is 28.6 Å². The molecule has 0 atom stereocenters. The number of carbonyl (C=O) groups is 3. The maximum Gasteiger partial charge on any atom is 0.409 e. The number of aryl methyl sites for hydroxylation is 2. The lowest BCUT2D eigenvalue weighted by atomic mass is 9.76. The van der Waals surface area contributed by atoms with E-state index in [1.165, 1.54) is 7.11 Å². The van der Waals surface area contributed by atoms with Gasteiger partial charge in [0.05, 0.1) is 36.6 Å². The largest absolute Gasteiger partial charge is 0.465 e. The minimum absolute atomic E-state index is 0.00743. The van der Waals surface area contributed by atoms with Crippen LogP contribution in [0.5, 0.6) is 0 Å². The van der Waals surface area contributed by atoms with Crippen LogP contribution in [0.2, 0.25) is 0 Å².